The number of anilines is 1. The zero-order chi connectivity index (χ0) is 17.3. The molecule has 0 radical (unpaired) electrons. The lowest BCUT2D eigenvalue weighted by molar-refractivity contribution is -0.384. The standard InChI is InChI=1S/C16H13FN4O3/c1-2-13-15(20-9-10(17)6-7-14(20)19-13)16(22)18-11-4-3-5-12(8-11)21(23)24/h3-9H,2H2,1H3,(H,18,22). The highest BCUT2D eigenvalue weighted by atomic mass is 19.1. The number of non-ortho nitro benzene ring substituents is 1. The molecule has 0 atom stereocenters. The summed E-state index contributed by atoms with van der Waals surface area (Å²) >= 11 is 0. The first-order valence-corrected chi connectivity index (χ1v) is 7.22. The lowest BCUT2D eigenvalue weighted by Crippen LogP contribution is -2.16. The summed E-state index contributed by atoms with van der Waals surface area (Å²) in [5, 5.41) is 13.4. The number of benzene rings is 1. The van der Waals surface area contributed by atoms with Crippen LogP contribution in [0.25, 0.3) is 5.65 Å². The molecule has 0 bridgehead atoms. The summed E-state index contributed by atoms with van der Waals surface area (Å²) in [6.45, 7) is 1.84. The van der Waals surface area contributed by atoms with Crippen molar-refractivity contribution in [2.24, 2.45) is 0 Å². The smallest absolute Gasteiger partial charge is 0.274 e. The Morgan fingerprint density at radius 3 is 2.88 bits per heavy atom. The van der Waals surface area contributed by atoms with Gasteiger partial charge in [-0.2, -0.15) is 0 Å². The Kier molecular flexibility index (Phi) is 3.95. The van der Waals surface area contributed by atoms with Crippen LogP contribution in [-0.4, -0.2) is 20.2 Å². The van der Waals surface area contributed by atoms with Gasteiger partial charge < -0.3 is 5.32 Å². The maximum Gasteiger partial charge on any atom is 0.274 e. The highest BCUT2D eigenvalue weighted by Crippen LogP contribution is 2.20. The van der Waals surface area contributed by atoms with Crippen LogP contribution in [0.4, 0.5) is 15.8 Å². The summed E-state index contributed by atoms with van der Waals surface area (Å²) in [7, 11) is 0. The van der Waals surface area contributed by atoms with E-state index in [1.165, 1.54) is 40.9 Å². The molecule has 2 aromatic heterocycles. The number of nitro benzene ring substituents is 1. The van der Waals surface area contributed by atoms with Gasteiger partial charge in [0, 0.05) is 24.0 Å². The molecule has 0 unspecified atom stereocenters. The number of fused-ring (bicyclic) bond motifs is 1. The number of nitrogens with one attached hydrogen (secondary N) is 1. The van der Waals surface area contributed by atoms with E-state index in [9.17, 15) is 19.3 Å². The van der Waals surface area contributed by atoms with Crippen molar-refractivity contribution >= 4 is 22.9 Å². The van der Waals surface area contributed by atoms with Crippen molar-refractivity contribution in [1.82, 2.24) is 9.38 Å². The van der Waals surface area contributed by atoms with Crippen molar-refractivity contribution in [3.8, 4) is 0 Å². The van der Waals surface area contributed by atoms with Crippen molar-refractivity contribution in [2.45, 2.75) is 13.3 Å². The van der Waals surface area contributed by atoms with Crippen LogP contribution in [0.5, 0.6) is 0 Å². The molecule has 3 aromatic rings. The molecule has 3 rings (SSSR count). The van der Waals surface area contributed by atoms with Gasteiger partial charge in [0.25, 0.3) is 11.6 Å². The number of nitro groups is 1. The molecule has 0 aliphatic rings. The van der Waals surface area contributed by atoms with Crippen molar-refractivity contribution in [3.05, 3.63) is 69.9 Å². The predicted octanol–water partition coefficient (Wildman–Crippen LogP) is 3.20. The summed E-state index contributed by atoms with van der Waals surface area (Å²) in [4.78, 5) is 27.2. The number of carbonyl (C=O) groups is 1. The number of pyridine rings is 1. The normalized spacial score (nSPS) is 10.8. The van der Waals surface area contributed by atoms with Crippen LogP contribution in [0.1, 0.15) is 23.1 Å². The molecule has 0 saturated carbocycles. The Bertz CT molecular complexity index is 952. The molecule has 0 aliphatic carbocycles. The van der Waals surface area contributed by atoms with Crippen molar-refractivity contribution in [2.75, 3.05) is 5.32 Å². The van der Waals surface area contributed by atoms with Crippen molar-refractivity contribution < 1.29 is 14.1 Å². The maximum absolute atomic E-state index is 13.5. The Morgan fingerprint density at radius 2 is 2.17 bits per heavy atom. The first kappa shape index (κ1) is 15.6. The van der Waals surface area contributed by atoms with E-state index in [1.807, 2.05) is 6.92 Å². The summed E-state index contributed by atoms with van der Waals surface area (Å²) in [6.07, 6.45) is 1.67. The highest BCUT2D eigenvalue weighted by molar-refractivity contribution is 6.04. The van der Waals surface area contributed by atoms with Crippen molar-refractivity contribution in [3.63, 3.8) is 0 Å². The number of halogens is 1. The number of hydrogen-bond donors (Lipinski definition) is 1. The van der Waals surface area contributed by atoms with Gasteiger partial charge in [-0.15, -0.1) is 0 Å². The monoisotopic (exact) mass is 328 g/mol. The molecule has 0 spiro atoms. The molecule has 2 heterocycles. The van der Waals surface area contributed by atoms with E-state index in [-0.39, 0.29) is 17.1 Å². The number of nitrogens with zero attached hydrogens (tertiary/aromatic N) is 3. The van der Waals surface area contributed by atoms with E-state index in [0.717, 1.165) is 0 Å². The first-order valence-electron chi connectivity index (χ1n) is 7.22. The number of amides is 1. The molecule has 7 nitrogen and oxygen atoms in total. The largest absolute Gasteiger partial charge is 0.320 e. The van der Waals surface area contributed by atoms with Crippen LogP contribution in [0, 0.1) is 15.9 Å². The average Bonchev–Trinajstić information content (AvgIpc) is 2.92. The third-order valence-corrected chi connectivity index (χ3v) is 3.52. The molecule has 122 valence electrons. The van der Waals surface area contributed by atoms with E-state index in [0.29, 0.717) is 17.8 Å². The summed E-state index contributed by atoms with van der Waals surface area (Å²) in [5.41, 5.74) is 1.33. The van der Waals surface area contributed by atoms with E-state index < -0.39 is 16.6 Å². The van der Waals surface area contributed by atoms with E-state index in [2.05, 4.69) is 10.3 Å². The fourth-order valence-electron chi connectivity index (χ4n) is 2.44. The minimum Gasteiger partial charge on any atom is -0.320 e. The van der Waals surface area contributed by atoms with Gasteiger partial charge in [-0.05, 0) is 24.6 Å². The minimum atomic E-state index is -0.545. The number of imidazole rings is 1. The Hall–Kier alpha value is -3.29. The summed E-state index contributed by atoms with van der Waals surface area (Å²) in [6, 6.07) is 8.36. The van der Waals surface area contributed by atoms with Gasteiger partial charge in [-0.3, -0.25) is 19.3 Å². The number of aromatic nitrogens is 2. The predicted molar refractivity (Wildman–Crippen MR) is 85.6 cm³/mol. The number of hydrogen-bond acceptors (Lipinski definition) is 4. The molecular formula is C16H13FN4O3. The van der Waals surface area contributed by atoms with Crippen LogP contribution in [0.3, 0.4) is 0 Å². The summed E-state index contributed by atoms with van der Waals surface area (Å²) in [5.74, 6) is -1.00. The molecule has 24 heavy (non-hydrogen) atoms. The molecular weight excluding hydrogens is 315 g/mol. The van der Waals surface area contributed by atoms with Crippen LogP contribution in [-0.2, 0) is 6.42 Å². The lowest BCUT2D eigenvalue weighted by atomic mass is 10.2. The molecule has 1 aromatic carbocycles. The molecule has 0 saturated heterocycles. The third kappa shape index (κ3) is 2.81. The topological polar surface area (TPSA) is 89.5 Å². The Labute approximate surface area is 135 Å². The van der Waals surface area contributed by atoms with E-state index in [4.69, 9.17) is 0 Å². The third-order valence-electron chi connectivity index (χ3n) is 3.52. The second-order valence-electron chi connectivity index (χ2n) is 5.10. The maximum atomic E-state index is 13.5. The zero-order valence-electron chi connectivity index (χ0n) is 12.7. The van der Waals surface area contributed by atoms with E-state index in [1.54, 1.807) is 6.07 Å². The molecule has 8 heteroatoms. The van der Waals surface area contributed by atoms with Gasteiger partial charge in [0.1, 0.15) is 17.2 Å². The van der Waals surface area contributed by atoms with Gasteiger partial charge in [-0.25, -0.2) is 9.37 Å². The van der Waals surface area contributed by atoms with Crippen molar-refractivity contribution in [1.29, 1.82) is 0 Å². The first-order chi connectivity index (χ1) is 11.5. The van der Waals surface area contributed by atoms with Gasteiger partial charge in [0.15, 0.2) is 0 Å². The SMILES string of the molecule is CCc1nc2ccc(F)cn2c1C(=O)Nc1cccc([N+](=O)[O-])c1. The van der Waals surface area contributed by atoms with Gasteiger partial charge in [-0.1, -0.05) is 13.0 Å². The highest BCUT2D eigenvalue weighted by Gasteiger charge is 2.19. The minimum absolute atomic E-state index is 0.132. The average molecular weight is 328 g/mol. The van der Waals surface area contributed by atoms with Crippen LogP contribution < -0.4 is 5.32 Å². The molecule has 1 N–H and O–H groups in total. The molecule has 0 fully saturated rings. The number of carbonyl (C=O) groups excluding carboxylic acids is 1. The second kappa shape index (κ2) is 6.07. The molecule has 1 amide bonds. The van der Waals surface area contributed by atoms with Gasteiger partial charge >= 0.3 is 0 Å². The number of rotatable bonds is 4. The van der Waals surface area contributed by atoms with Gasteiger partial charge in [0.2, 0.25) is 0 Å². The van der Waals surface area contributed by atoms with E-state index >= 15 is 0 Å². The second-order valence-corrected chi connectivity index (χ2v) is 5.10. The zero-order valence-corrected chi connectivity index (χ0v) is 12.7. The summed E-state index contributed by atoms with van der Waals surface area (Å²) < 4.78 is 14.9. The fourth-order valence-corrected chi connectivity index (χ4v) is 2.44. The van der Waals surface area contributed by atoms with Crippen LogP contribution in [0.2, 0.25) is 0 Å². The van der Waals surface area contributed by atoms with Crippen LogP contribution in [0.15, 0.2) is 42.6 Å². The lowest BCUT2D eigenvalue weighted by Gasteiger charge is -2.06. The Morgan fingerprint density at radius 1 is 1.38 bits per heavy atom. The van der Waals surface area contributed by atoms with Gasteiger partial charge in [0.05, 0.1) is 10.6 Å². The number of aryl methyl sites for hydroxylation is 1. The quantitative estimate of drug-likeness (QED) is 0.588. The van der Waals surface area contributed by atoms with Crippen LogP contribution >= 0.6 is 0 Å². The molecule has 0 aliphatic heterocycles. The Balaban J connectivity index is 2.01. The fraction of sp³-hybridized carbons (Fsp3) is 0.125.